The molecule has 0 aliphatic rings. The molecule has 1 aromatic carbocycles. The van der Waals surface area contributed by atoms with E-state index in [0.29, 0.717) is 37.4 Å². The fourth-order valence-electron chi connectivity index (χ4n) is 1.83. The van der Waals surface area contributed by atoms with E-state index < -0.39 is 5.63 Å². The summed E-state index contributed by atoms with van der Waals surface area (Å²) in [6.45, 7) is 2.57. The van der Waals surface area contributed by atoms with Crippen molar-refractivity contribution in [2.75, 3.05) is 13.2 Å². The minimum Gasteiger partial charge on any atom is -0.493 e. The van der Waals surface area contributed by atoms with E-state index in [1.165, 1.54) is 6.07 Å². The maximum Gasteiger partial charge on any atom is 0.336 e. The second-order valence-corrected chi connectivity index (χ2v) is 4.18. The van der Waals surface area contributed by atoms with Gasteiger partial charge in [0, 0.05) is 12.5 Å². The Morgan fingerprint density at radius 2 is 2.10 bits per heavy atom. The third-order valence-corrected chi connectivity index (χ3v) is 2.71. The molecule has 0 bridgehead atoms. The zero-order valence-corrected chi connectivity index (χ0v) is 11.3. The van der Waals surface area contributed by atoms with Crippen LogP contribution in [0.2, 0.25) is 0 Å². The van der Waals surface area contributed by atoms with Gasteiger partial charge in [-0.1, -0.05) is 6.07 Å². The van der Waals surface area contributed by atoms with Gasteiger partial charge in [0.05, 0.1) is 18.6 Å². The molecular formula is C15H16O5. The predicted molar refractivity (Wildman–Crippen MR) is 73.8 cm³/mol. The fourth-order valence-corrected chi connectivity index (χ4v) is 1.83. The number of fused-ring (bicyclic) bond motifs is 1. The highest BCUT2D eigenvalue weighted by Gasteiger charge is 2.05. The van der Waals surface area contributed by atoms with Crippen LogP contribution in [0.5, 0.6) is 5.75 Å². The molecule has 2 aromatic rings. The van der Waals surface area contributed by atoms with Crippen molar-refractivity contribution >= 4 is 16.9 Å². The molecule has 0 N–H and O–H groups in total. The topological polar surface area (TPSA) is 65.7 Å². The minimum absolute atomic E-state index is 0.222. The SMILES string of the molecule is CCOC(=O)CCCOc1cccc2oc(=O)ccc12. The third-order valence-electron chi connectivity index (χ3n) is 2.71. The number of ether oxygens (including phenoxy) is 2. The van der Waals surface area contributed by atoms with Crippen LogP contribution in [0.4, 0.5) is 0 Å². The van der Waals surface area contributed by atoms with Gasteiger partial charge in [-0.2, -0.15) is 0 Å². The van der Waals surface area contributed by atoms with E-state index in [1.54, 1.807) is 31.2 Å². The Kier molecular flexibility index (Phi) is 4.76. The van der Waals surface area contributed by atoms with Crippen LogP contribution in [-0.2, 0) is 9.53 Å². The molecule has 106 valence electrons. The van der Waals surface area contributed by atoms with Gasteiger partial charge in [0.2, 0.25) is 0 Å². The summed E-state index contributed by atoms with van der Waals surface area (Å²) in [4.78, 5) is 22.3. The summed E-state index contributed by atoms with van der Waals surface area (Å²) >= 11 is 0. The molecular weight excluding hydrogens is 260 g/mol. The molecule has 2 rings (SSSR count). The smallest absolute Gasteiger partial charge is 0.336 e. The zero-order valence-electron chi connectivity index (χ0n) is 11.3. The second-order valence-electron chi connectivity index (χ2n) is 4.18. The molecule has 0 fully saturated rings. The summed E-state index contributed by atoms with van der Waals surface area (Å²) < 4.78 is 15.5. The predicted octanol–water partition coefficient (Wildman–Crippen LogP) is 2.52. The average Bonchev–Trinajstić information content (AvgIpc) is 2.43. The molecule has 0 unspecified atom stereocenters. The van der Waals surface area contributed by atoms with E-state index in [9.17, 15) is 9.59 Å². The molecule has 0 saturated carbocycles. The van der Waals surface area contributed by atoms with Gasteiger partial charge in [-0.15, -0.1) is 0 Å². The number of benzene rings is 1. The molecule has 0 amide bonds. The molecule has 0 atom stereocenters. The fraction of sp³-hybridized carbons (Fsp3) is 0.333. The van der Waals surface area contributed by atoms with Crippen molar-refractivity contribution in [3.05, 3.63) is 40.8 Å². The summed E-state index contributed by atoms with van der Waals surface area (Å²) in [6, 6.07) is 8.29. The van der Waals surface area contributed by atoms with E-state index in [4.69, 9.17) is 13.9 Å². The van der Waals surface area contributed by atoms with Gasteiger partial charge in [-0.3, -0.25) is 4.79 Å². The Morgan fingerprint density at radius 1 is 1.25 bits per heavy atom. The van der Waals surface area contributed by atoms with Crippen LogP contribution in [0, 0.1) is 0 Å². The number of hydrogen-bond donors (Lipinski definition) is 0. The molecule has 0 aliphatic carbocycles. The number of carbonyl (C=O) groups is 1. The highest BCUT2D eigenvalue weighted by Crippen LogP contribution is 2.24. The lowest BCUT2D eigenvalue weighted by Crippen LogP contribution is -2.07. The molecule has 0 spiro atoms. The Labute approximate surface area is 116 Å². The van der Waals surface area contributed by atoms with Gasteiger partial charge >= 0.3 is 11.6 Å². The maximum atomic E-state index is 11.2. The molecule has 20 heavy (non-hydrogen) atoms. The van der Waals surface area contributed by atoms with E-state index in [2.05, 4.69) is 0 Å². The van der Waals surface area contributed by atoms with Gasteiger partial charge in [0.15, 0.2) is 0 Å². The van der Waals surface area contributed by atoms with Gasteiger partial charge < -0.3 is 13.9 Å². The standard InChI is InChI=1S/C15H16O5/c1-2-18-14(16)7-4-10-19-12-5-3-6-13-11(12)8-9-15(17)20-13/h3,5-6,8-9H,2,4,7,10H2,1H3. The molecule has 1 aromatic heterocycles. The zero-order chi connectivity index (χ0) is 14.4. The van der Waals surface area contributed by atoms with Gasteiger partial charge in [-0.05, 0) is 31.5 Å². The number of rotatable bonds is 6. The van der Waals surface area contributed by atoms with Crippen molar-refractivity contribution in [3.8, 4) is 5.75 Å². The summed E-state index contributed by atoms with van der Waals surface area (Å²) in [6.07, 6.45) is 0.902. The molecule has 0 aliphatic heterocycles. The van der Waals surface area contributed by atoms with Crippen LogP contribution < -0.4 is 10.4 Å². The number of carbonyl (C=O) groups excluding carboxylic acids is 1. The lowest BCUT2D eigenvalue weighted by Gasteiger charge is -2.08. The molecule has 5 nitrogen and oxygen atoms in total. The third kappa shape index (κ3) is 3.60. The lowest BCUT2D eigenvalue weighted by molar-refractivity contribution is -0.143. The summed E-state index contributed by atoms with van der Waals surface area (Å²) in [5.74, 6) is 0.412. The van der Waals surface area contributed by atoms with Gasteiger partial charge in [-0.25, -0.2) is 4.79 Å². The van der Waals surface area contributed by atoms with E-state index in [0.717, 1.165) is 5.39 Å². The summed E-state index contributed by atoms with van der Waals surface area (Å²) in [7, 11) is 0. The van der Waals surface area contributed by atoms with Crippen molar-refractivity contribution < 1.29 is 18.7 Å². The maximum absolute atomic E-state index is 11.2. The number of esters is 1. The van der Waals surface area contributed by atoms with Crippen LogP contribution in [0.25, 0.3) is 11.0 Å². The largest absolute Gasteiger partial charge is 0.493 e. The van der Waals surface area contributed by atoms with Crippen LogP contribution in [-0.4, -0.2) is 19.2 Å². The first kappa shape index (κ1) is 14.1. The molecule has 0 saturated heterocycles. The van der Waals surface area contributed by atoms with Crippen molar-refractivity contribution in [1.29, 1.82) is 0 Å². The first-order chi connectivity index (χ1) is 9.70. The van der Waals surface area contributed by atoms with Gasteiger partial charge in [0.1, 0.15) is 11.3 Å². The Bertz CT molecular complexity index is 644. The van der Waals surface area contributed by atoms with Crippen molar-refractivity contribution in [2.45, 2.75) is 19.8 Å². The highest BCUT2D eigenvalue weighted by atomic mass is 16.5. The Balaban J connectivity index is 1.96. The second kappa shape index (κ2) is 6.75. The van der Waals surface area contributed by atoms with E-state index in [-0.39, 0.29) is 5.97 Å². The molecule has 0 radical (unpaired) electrons. The van der Waals surface area contributed by atoms with Crippen molar-refractivity contribution in [3.63, 3.8) is 0 Å². The highest BCUT2D eigenvalue weighted by molar-refractivity contribution is 5.83. The lowest BCUT2D eigenvalue weighted by atomic mass is 10.2. The molecule has 1 heterocycles. The van der Waals surface area contributed by atoms with Crippen LogP contribution in [0.15, 0.2) is 39.5 Å². The Hall–Kier alpha value is -2.30. The monoisotopic (exact) mass is 276 g/mol. The summed E-state index contributed by atoms with van der Waals surface area (Å²) in [5, 5.41) is 0.739. The van der Waals surface area contributed by atoms with Crippen molar-refractivity contribution in [2.24, 2.45) is 0 Å². The van der Waals surface area contributed by atoms with Crippen LogP contribution in [0.3, 0.4) is 0 Å². The quantitative estimate of drug-likeness (QED) is 0.461. The average molecular weight is 276 g/mol. The normalized spacial score (nSPS) is 10.4. The summed E-state index contributed by atoms with van der Waals surface area (Å²) in [5.41, 5.74) is 0.0948. The van der Waals surface area contributed by atoms with Crippen molar-refractivity contribution in [1.82, 2.24) is 0 Å². The Morgan fingerprint density at radius 3 is 2.90 bits per heavy atom. The molecule has 5 heteroatoms. The van der Waals surface area contributed by atoms with E-state index >= 15 is 0 Å². The first-order valence-electron chi connectivity index (χ1n) is 6.52. The minimum atomic E-state index is -0.392. The number of hydrogen-bond acceptors (Lipinski definition) is 5. The first-order valence-corrected chi connectivity index (χ1v) is 6.52. The van der Waals surface area contributed by atoms with Crippen LogP contribution in [0.1, 0.15) is 19.8 Å². The van der Waals surface area contributed by atoms with E-state index in [1.807, 2.05) is 0 Å². The van der Waals surface area contributed by atoms with Crippen LogP contribution >= 0.6 is 0 Å². The van der Waals surface area contributed by atoms with Gasteiger partial charge in [0.25, 0.3) is 0 Å².